The monoisotopic (exact) mass is 686 g/mol. The summed E-state index contributed by atoms with van der Waals surface area (Å²) in [5, 5.41) is 4.20. The van der Waals surface area contributed by atoms with Crippen LogP contribution in [0.15, 0.2) is 128 Å². The fraction of sp³-hybridized carbons (Fsp3) is 0.0789. The third-order valence-corrected chi connectivity index (χ3v) is 8.59. The van der Waals surface area contributed by atoms with E-state index in [0.717, 1.165) is 39.1 Å². The summed E-state index contributed by atoms with van der Waals surface area (Å²) in [5.41, 5.74) is 7.00. The smallest absolute Gasteiger partial charge is 0.255 e. The summed E-state index contributed by atoms with van der Waals surface area (Å²) in [6.07, 6.45) is 3.89. The Morgan fingerprint density at radius 1 is 0.653 bits per heavy atom. The number of nitrogens with zero attached hydrogens (tertiary/aromatic N) is 5. The molecule has 1 fully saturated rings. The first-order chi connectivity index (χ1) is 23.8. The van der Waals surface area contributed by atoms with E-state index in [4.69, 9.17) is 23.2 Å². The van der Waals surface area contributed by atoms with E-state index in [-0.39, 0.29) is 24.1 Å². The number of fused-ring (bicyclic) bond motifs is 2. The van der Waals surface area contributed by atoms with Crippen molar-refractivity contribution in [2.24, 2.45) is 0 Å². The maximum atomic E-state index is 12.5. The summed E-state index contributed by atoms with van der Waals surface area (Å²) in [4.78, 5) is 46.7. The second-order valence-corrected chi connectivity index (χ2v) is 12.3. The molecule has 3 heterocycles. The lowest BCUT2D eigenvalue weighted by Gasteiger charge is -2.14. The molecule has 0 bridgehead atoms. The molecule has 1 aliphatic rings. The average molecular weight is 688 g/mol. The van der Waals surface area contributed by atoms with Crippen molar-refractivity contribution >= 4 is 68.6 Å². The second-order valence-electron chi connectivity index (χ2n) is 11.4. The molecule has 2 aromatic heterocycles. The van der Waals surface area contributed by atoms with E-state index in [1.165, 1.54) is 0 Å². The maximum Gasteiger partial charge on any atom is 0.255 e. The van der Waals surface area contributed by atoms with Crippen LogP contribution in [0.25, 0.3) is 33.4 Å². The predicted molar refractivity (Wildman–Crippen MR) is 192 cm³/mol. The van der Waals surface area contributed by atoms with Gasteiger partial charge in [-0.05, 0) is 84.9 Å². The Kier molecular flexibility index (Phi) is 8.93. The summed E-state index contributed by atoms with van der Waals surface area (Å²) in [7, 11) is 0. The molecule has 0 saturated carbocycles. The Balaban J connectivity index is 0.000000154. The van der Waals surface area contributed by atoms with Gasteiger partial charge in [0.05, 0.1) is 28.6 Å². The average Bonchev–Trinajstić information content (AvgIpc) is 3.86. The number of hydrogen-bond donors (Lipinski definition) is 1. The van der Waals surface area contributed by atoms with Gasteiger partial charge in [-0.25, -0.2) is 9.97 Å². The SMILES string of the molecule is O=C(Nc1ccccc1)c1ccc2c(c1)ncn2-c1cccc(Cl)c1.O=C1CCN(C(=O)c2ccc3c(c2)ncn3-c2cccc(Cl)c2)C1. The number of anilines is 1. The zero-order valence-electron chi connectivity index (χ0n) is 26.0. The minimum Gasteiger partial charge on any atom is -0.331 e. The van der Waals surface area contributed by atoms with E-state index >= 15 is 0 Å². The van der Waals surface area contributed by atoms with Crippen molar-refractivity contribution in [1.29, 1.82) is 0 Å². The molecule has 2 amide bonds. The molecule has 9 nitrogen and oxygen atoms in total. The Labute approximate surface area is 291 Å². The third kappa shape index (κ3) is 6.94. The fourth-order valence-corrected chi connectivity index (χ4v) is 6.04. The number of Topliss-reactive ketones (excluding diaryl/α,β-unsaturated/α-hetero) is 1. The Morgan fingerprint density at radius 3 is 1.78 bits per heavy atom. The molecule has 0 spiro atoms. The van der Waals surface area contributed by atoms with Crippen molar-refractivity contribution in [3.8, 4) is 11.4 Å². The van der Waals surface area contributed by atoms with Crippen molar-refractivity contribution < 1.29 is 14.4 Å². The Bertz CT molecular complexity index is 2350. The number of hydrogen-bond acceptors (Lipinski definition) is 5. The number of carbonyl (C=O) groups excluding carboxylic acids is 3. The highest BCUT2D eigenvalue weighted by Crippen LogP contribution is 2.24. The van der Waals surface area contributed by atoms with Gasteiger partial charge < -0.3 is 10.2 Å². The summed E-state index contributed by atoms with van der Waals surface area (Å²) in [6, 6.07) is 35.3. The number of halogens is 2. The second kappa shape index (κ2) is 13.8. The van der Waals surface area contributed by atoms with Gasteiger partial charge in [-0.1, -0.05) is 53.5 Å². The van der Waals surface area contributed by atoms with Crippen LogP contribution in [0.5, 0.6) is 0 Å². The lowest BCUT2D eigenvalue weighted by molar-refractivity contribution is -0.116. The first kappa shape index (κ1) is 31.8. The molecule has 0 atom stereocenters. The van der Waals surface area contributed by atoms with Gasteiger partial charge in [-0.3, -0.25) is 23.5 Å². The highest BCUT2D eigenvalue weighted by Gasteiger charge is 2.25. The number of likely N-dealkylation sites (tertiary alicyclic amines) is 1. The number of carbonyl (C=O) groups is 3. The van der Waals surface area contributed by atoms with Gasteiger partial charge in [0.25, 0.3) is 11.8 Å². The quantitative estimate of drug-likeness (QED) is 0.198. The van der Waals surface area contributed by atoms with E-state index in [2.05, 4.69) is 15.3 Å². The zero-order chi connectivity index (χ0) is 33.9. The van der Waals surface area contributed by atoms with Crippen LogP contribution in [0.1, 0.15) is 27.1 Å². The molecule has 11 heteroatoms. The lowest BCUT2D eigenvalue weighted by Crippen LogP contribution is -2.28. The van der Waals surface area contributed by atoms with Crippen LogP contribution in [-0.4, -0.2) is 54.7 Å². The summed E-state index contributed by atoms with van der Waals surface area (Å²) >= 11 is 12.1. The van der Waals surface area contributed by atoms with Crippen LogP contribution < -0.4 is 5.32 Å². The maximum absolute atomic E-state index is 12.5. The first-order valence-corrected chi connectivity index (χ1v) is 16.2. The molecule has 49 heavy (non-hydrogen) atoms. The van der Waals surface area contributed by atoms with E-state index < -0.39 is 0 Å². The van der Waals surface area contributed by atoms with Crippen molar-refractivity contribution in [3.05, 3.63) is 149 Å². The molecular weight excluding hydrogens is 659 g/mol. The van der Waals surface area contributed by atoms with Gasteiger partial charge in [0.1, 0.15) is 12.7 Å². The van der Waals surface area contributed by atoms with Gasteiger partial charge in [-0.15, -0.1) is 0 Å². The molecule has 1 aliphatic heterocycles. The van der Waals surface area contributed by atoms with Gasteiger partial charge in [0, 0.05) is 51.2 Å². The largest absolute Gasteiger partial charge is 0.331 e. The van der Waals surface area contributed by atoms with Crippen molar-refractivity contribution in [1.82, 2.24) is 24.0 Å². The summed E-state index contributed by atoms with van der Waals surface area (Å²) in [6.45, 7) is 0.695. The summed E-state index contributed by atoms with van der Waals surface area (Å²) < 4.78 is 3.87. The molecule has 0 unspecified atom stereocenters. The van der Waals surface area contributed by atoms with Gasteiger partial charge in [0.15, 0.2) is 5.78 Å². The van der Waals surface area contributed by atoms with E-state index in [1.54, 1.807) is 41.8 Å². The molecule has 242 valence electrons. The highest BCUT2D eigenvalue weighted by atomic mass is 35.5. The van der Waals surface area contributed by atoms with Crippen LogP contribution in [0.4, 0.5) is 5.69 Å². The normalized spacial score (nSPS) is 12.6. The number of ketones is 1. The van der Waals surface area contributed by atoms with Gasteiger partial charge in [0.2, 0.25) is 0 Å². The molecular formula is C38H28Cl2N6O3. The van der Waals surface area contributed by atoms with Crippen molar-refractivity contribution in [2.45, 2.75) is 6.42 Å². The molecule has 0 aliphatic carbocycles. The predicted octanol–water partition coefficient (Wildman–Crippen LogP) is 8.03. The van der Waals surface area contributed by atoms with Crippen LogP contribution in [0.3, 0.4) is 0 Å². The molecule has 7 aromatic rings. The van der Waals surface area contributed by atoms with E-state index in [1.807, 2.05) is 100 Å². The van der Waals surface area contributed by atoms with Crippen molar-refractivity contribution in [2.75, 3.05) is 18.4 Å². The van der Waals surface area contributed by atoms with Gasteiger partial charge >= 0.3 is 0 Å². The van der Waals surface area contributed by atoms with Crippen LogP contribution in [0, 0.1) is 0 Å². The topological polar surface area (TPSA) is 102 Å². The van der Waals surface area contributed by atoms with Crippen molar-refractivity contribution in [3.63, 3.8) is 0 Å². The Morgan fingerprint density at radius 2 is 1.22 bits per heavy atom. The molecule has 1 N–H and O–H groups in total. The highest BCUT2D eigenvalue weighted by molar-refractivity contribution is 6.31. The molecule has 1 saturated heterocycles. The minimum absolute atomic E-state index is 0.106. The lowest BCUT2D eigenvalue weighted by atomic mass is 10.1. The molecule has 5 aromatic carbocycles. The standard InChI is InChI=1S/C20H14ClN3O.C18H14ClN3O2/c21-15-5-4-8-17(12-15)24-13-22-18-11-14(9-10-19(18)24)20(25)23-16-6-2-1-3-7-16;19-13-2-1-3-14(9-13)22-11-20-16-8-12(4-5-17(16)22)18(24)21-7-6-15(23)10-21/h1-13H,(H,23,25);1-5,8-9,11H,6-7,10H2. The number of imidazole rings is 2. The number of nitrogens with one attached hydrogen (secondary N) is 1. The van der Waals surface area contributed by atoms with E-state index in [9.17, 15) is 14.4 Å². The van der Waals surface area contributed by atoms with Crippen LogP contribution in [0.2, 0.25) is 10.0 Å². The number of amides is 2. The van der Waals surface area contributed by atoms with Crippen LogP contribution >= 0.6 is 23.2 Å². The summed E-state index contributed by atoms with van der Waals surface area (Å²) in [5.74, 6) is -0.180. The van der Waals surface area contributed by atoms with Crippen LogP contribution in [-0.2, 0) is 4.79 Å². The molecule has 8 rings (SSSR count). The zero-order valence-corrected chi connectivity index (χ0v) is 27.5. The van der Waals surface area contributed by atoms with E-state index in [0.29, 0.717) is 34.1 Å². The number of aromatic nitrogens is 4. The first-order valence-electron chi connectivity index (χ1n) is 15.5. The fourth-order valence-electron chi connectivity index (χ4n) is 5.67. The third-order valence-electron chi connectivity index (χ3n) is 8.12. The molecule has 0 radical (unpaired) electrons. The Hall–Kier alpha value is -5.77. The van der Waals surface area contributed by atoms with Gasteiger partial charge in [-0.2, -0.15) is 0 Å². The number of rotatable bonds is 5. The number of benzene rings is 5. The minimum atomic E-state index is -0.162. The number of para-hydroxylation sites is 1.